The first-order valence-electron chi connectivity index (χ1n) is 17.5. The Hall–Kier alpha value is -5.32. The van der Waals surface area contributed by atoms with Gasteiger partial charge in [-0.3, -0.25) is 19.2 Å². The molecule has 10 heteroatoms. The summed E-state index contributed by atoms with van der Waals surface area (Å²) in [6.07, 6.45) is 12.7. The number of hydrogen-bond acceptors (Lipinski definition) is 7. The third-order valence-electron chi connectivity index (χ3n) is 9.43. The van der Waals surface area contributed by atoms with E-state index >= 15 is 0 Å². The fourth-order valence-electron chi connectivity index (χ4n) is 6.58. The van der Waals surface area contributed by atoms with Crippen molar-refractivity contribution in [2.45, 2.75) is 65.5 Å². The number of aliphatic hydroxyl groups is 2. The Labute approximate surface area is 299 Å². The molecule has 2 aliphatic heterocycles. The van der Waals surface area contributed by atoms with Crippen LogP contribution in [0.3, 0.4) is 0 Å². The third kappa shape index (κ3) is 7.29. The molecule has 10 nitrogen and oxygen atoms in total. The van der Waals surface area contributed by atoms with Crippen LogP contribution < -0.4 is 14.5 Å². The van der Waals surface area contributed by atoms with Crippen molar-refractivity contribution >= 4 is 28.9 Å². The van der Waals surface area contributed by atoms with E-state index in [0.29, 0.717) is 65.6 Å². The van der Waals surface area contributed by atoms with E-state index in [2.05, 4.69) is 37.2 Å². The normalized spacial score (nSPS) is 17.6. The van der Waals surface area contributed by atoms with E-state index in [4.69, 9.17) is 4.74 Å². The Bertz CT molecular complexity index is 2010. The Morgan fingerprint density at radius 2 is 1.73 bits per heavy atom. The van der Waals surface area contributed by atoms with Crippen molar-refractivity contribution in [3.8, 4) is 11.5 Å². The molecule has 0 saturated carbocycles. The van der Waals surface area contributed by atoms with Crippen LogP contribution >= 0.6 is 0 Å². The number of para-hydroxylation sites is 3. The van der Waals surface area contributed by atoms with Crippen LogP contribution in [0.5, 0.6) is 11.5 Å². The van der Waals surface area contributed by atoms with Crippen molar-refractivity contribution in [3.63, 3.8) is 0 Å². The van der Waals surface area contributed by atoms with Gasteiger partial charge in [-0.2, -0.15) is 0 Å². The van der Waals surface area contributed by atoms with Crippen molar-refractivity contribution < 1.29 is 24.5 Å². The summed E-state index contributed by atoms with van der Waals surface area (Å²) < 4.78 is 7.92. The predicted octanol–water partition coefficient (Wildman–Crippen LogP) is 7.41. The maximum absolute atomic E-state index is 14.4. The minimum absolute atomic E-state index is 0.00763. The fraction of sp³-hybridized carbons (Fsp3) is 0.317. The molecular formula is C41H45N5O5. The molecule has 3 heterocycles. The van der Waals surface area contributed by atoms with Gasteiger partial charge < -0.3 is 19.8 Å². The molecular weight excluding hydrogens is 642 g/mol. The lowest BCUT2D eigenvalue weighted by molar-refractivity contribution is -0.139. The highest BCUT2D eigenvalue weighted by molar-refractivity contribution is 6.15. The minimum atomic E-state index is -1.89. The molecule has 1 aromatic heterocycles. The number of anilines is 3. The number of ether oxygens (including phenoxy) is 1. The van der Waals surface area contributed by atoms with Gasteiger partial charge in [-0.05, 0) is 82.5 Å². The van der Waals surface area contributed by atoms with Gasteiger partial charge in [0.15, 0.2) is 11.4 Å². The summed E-state index contributed by atoms with van der Waals surface area (Å²) in [6, 6.07) is 19.9. The second-order valence-electron chi connectivity index (χ2n) is 13.4. The van der Waals surface area contributed by atoms with Gasteiger partial charge in [0.05, 0.1) is 22.6 Å². The Balaban J connectivity index is 1.35. The van der Waals surface area contributed by atoms with Crippen molar-refractivity contribution in [1.82, 2.24) is 15.0 Å². The lowest BCUT2D eigenvalue weighted by Gasteiger charge is -2.28. The molecule has 51 heavy (non-hydrogen) atoms. The number of nitrogens with zero attached hydrogens (tertiary/aromatic N) is 5. The number of rotatable bonds is 13. The molecule has 0 unspecified atom stereocenters. The summed E-state index contributed by atoms with van der Waals surface area (Å²) in [5.74, 6) is -0.328. The van der Waals surface area contributed by atoms with Gasteiger partial charge in [0.2, 0.25) is 0 Å². The van der Waals surface area contributed by atoms with Crippen LogP contribution in [0.1, 0.15) is 68.6 Å². The standard InChI is InChI=1S/C41H45N5O5/c1-28(2)12-11-13-29(3)21-24-45-35-20-19-32(46-36-16-6-8-18-38(36)51-37-17-7-5-15-33(37)39(46)48)26-34(35)41(50,40(45)49)30(4)14-9-10-23-44-27-31(22-25-47)42-43-44/h5-9,12,14-21,26-27,30,47,50H,10-11,13,22-25H2,1-4H3/b14-9+,29-21+/t30-,41+/m1/s1. The van der Waals surface area contributed by atoms with Gasteiger partial charge in [0.1, 0.15) is 5.75 Å². The molecule has 2 atom stereocenters. The van der Waals surface area contributed by atoms with E-state index in [1.807, 2.05) is 67.6 Å². The summed E-state index contributed by atoms with van der Waals surface area (Å²) in [4.78, 5) is 31.8. The van der Waals surface area contributed by atoms with Crippen LogP contribution in [0.15, 0.2) is 108 Å². The zero-order chi connectivity index (χ0) is 36.1. The molecule has 0 fully saturated rings. The number of allylic oxidation sites excluding steroid dienone is 4. The Morgan fingerprint density at radius 3 is 2.51 bits per heavy atom. The highest BCUT2D eigenvalue weighted by Crippen LogP contribution is 2.49. The number of amides is 2. The number of benzene rings is 3. The smallest absolute Gasteiger partial charge is 0.266 e. The lowest BCUT2D eigenvalue weighted by Crippen LogP contribution is -2.44. The number of aryl methyl sites for hydroxylation is 1. The van der Waals surface area contributed by atoms with E-state index in [-0.39, 0.29) is 12.5 Å². The van der Waals surface area contributed by atoms with Gasteiger partial charge in [-0.25, -0.2) is 0 Å². The van der Waals surface area contributed by atoms with E-state index < -0.39 is 17.4 Å². The molecule has 0 saturated heterocycles. The summed E-state index contributed by atoms with van der Waals surface area (Å²) in [5, 5.41) is 29.9. The van der Waals surface area contributed by atoms with Crippen LogP contribution in [0.2, 0.25) is 0 Å². The van der Waals surface area contributed by atoms with Crippen molar-refractivity contribution in [2.75, 3.05) is 23.0 Å². The molecule has 264 valence electrons. The maximum atomic E-state index is 14.4. The molecule has 0 aliphatic carbocycles. The number of carbonyl (C=O) groups is 2. The first-order chi connectivity index (χ1) is 24.6. The van der Waals surface area contributed by atoms with Gasteiger partial charge in [0, 0.05) is 49.5 Å². The number of carbonyl (C=O) groups excluding carboxylic acids is 2. The molecule has 2 amide bonds. The molecule has 0 spiro atoms. The summed E-state index contributed by atoms with van der Waals surface area (Å²) >= 11 is 0. The number of aliphatic hydroxyl groups excluding tert-OH is 1. The zero-order valence-corrected chi connectivity index (χ0v) is 29.6. The van der Waals surface area contributed by atoms with Gasteiger partial charge in [0.25, 0.3) is 11.8 Å². The molecule has 3 aromatic carbocycles. The summed E-state index contributed by atoms with van der Waals surface area (Å²) in [5.41, 5.74) is 3.76. The molecule has 4 aromatic rings. The van der Waals surface area contributed by atoms with Gasteiger partial charge in [-0.15, -0.1) is 5.10 Å². The first kappa shape index (κ1) is 35.5. The van der Waals surface area contributed by atoms with Crippen LogP contribution in [0.4, 0.5) is 17.1 Å². The van der Waals surface area contributed by atoms with Crippen LogP contribution in [0, 0.1) is 5.92 Å². The van der Waals surface area contributed by atoms with Gasteiger partial charge in [-0.1, -0.05) is 71.9 Å². The second kappa shape index (κ2) is 15.3. The highest BCUT2D eigenvalue weighted by Gasteiger charge is 2.52. The number of hydrogen-bond donors (Lipinski definition) is 2. The largest absolute Gasteiger partial charge is 0.454 e. The zero-order valence-electron chi connectivity index (χ0n) is 29.6. The minimum Gasteiger partial charge on any atom is -0.454 e. The average molecular weight is 688 g/mol. The average Bonchev–Trinajstić information content (AvgIpc) is 3.62. The van der Waals surface area contributed by atoms with E-state index in [9.17, 15) is 19.8 Å². The van der Waals surface area contributed by atoms with Crippen LogP contribution in [-0.4, -0.2) is 50.2 Å². The van der Waals surface area contributed by atoms with Crippen LogP contribution in [0.25, 0.3) is 0 Å². The third-order valence-corrected chi connectivity index (χ3v) is 9.43. The van der Waals surface area contributed by atoms with E-state index in [0.717, 1.165) is 24.1 Å². The number of fused-ring (bicyclic) bond motifs is 3. The fourth-order valence-corrected chi connectivity index (χ4v) is 6.58. The molecule has 2 N–H and O–H groups in total. The Morgan fingerprint density at radius 1 is 0.961 bits per heavy atom. The summed E-state index contributed by atoms with van der Waals surface area (Å²) in [7, 11) is 0. The lowest BCUT2D eigenvalue weighted by atomic mass is 9.82. The number of aromatic nitrogens is 3. The second-order valence-corrected chi connectivity index (χ2v) is 13.4. The van der Waals surface area contributed by atoms with Crippen molar-refractivity contribution in [2.24, 2.45) is 5.92 Å². The predicted molar refractivity (Wildman–Crippen MR) is 198 cm³/mol. The quantitative estimate of drug-likeness (QED) is 0.141. The molecule has 2 aliphatic rings. The maximum Gasteiger partial charge on any atom is 0.266 e. The van der Waals surface area contributed by atoms with Gasteiger partial charge >= 0.3 is 0 Å². The Kier molecular flexibility index (Phi) is 10.6. The SMILES string of the molecule is CC(C)=CCC/C(C)=C/CN1C(=O)[C@](O)([C@H](C)/C=C/CCn2cc(CCO)nn2)c2cc(N3C(=O)c4ccccc4Oc4ccccc43)ccc21. The molecule has 0 radical (unpaired) electrons. The molecule has 0 bridgehead atoms. The van der Waals surface area contributed by atoms with E-state index in [1.54, 1.807) is 44.9 Å². The monoisotopic (exact) mass is 687 g/mol. The topological polar surface area (TPSA) is 121 Å². The highest BCUT2D eigenvalue weighted by atomic mass is 16.5. The van der Waals surface area contributed by atoms with Crippen LogP contribution in [-0.2, 0) is 23.4 Å². The first-order valence-corrected chi connectivity index (χ1v) is 17.5. The molecule has 6 rings (SSSR count). The van der Waals surface area contributed by atoms with Crippen molar-refractivity contribution in [3.05, 3.63) is 125 Å². The summed E-state index contributed by atoms with van der Waals surface area (Å²) in [6.45, 7) is 8.92. The van der Waals surface area contributed by atoms with Crippen molar-refractivity contribution in [1.29, 1.82) is 0 Å². The van der Waals surface area contributed by atoms with E-state index in [1.165, 1.54) is 5.57 Å².